The van der Waals surface area contributed by atoms with Crippen molar-refractivity contribution >= 4 is 15.9 Å². The Labute approximate surface area is 118 Å². The smallest absolute Gasteiger partial charge is 0.0552 e. The van der Waals surface area contributed by atoms with Crippen LogP contribution in [-0.4, -0.2) is 41.1 Å². The quantitative estimate of drug-likeness (QED) is 0.845. The summed E-state index contributed by atoms with van der Waals surface area (Å²) in [4.78, 5) is 2.48. The van der Waals surface area contributed by atoms with E-state index in [-0.39, 0.29) is 6.10 Å². The second-order valence-corrected chi connectivity index (χ2v) is 5.96. The highest BCUT2D eigenvalue weighted by Crippen LogP contribution is 2.25. The van der Waals surface area contributed by atoms with E-state index >= 15 is 0 Å². The maximum Gasteiger partial charge on any atom is 0.0552 e. The predicted molar refractivity (Wildman–Crippen MR) is 79.2 cm³/mol. The summed E-state index contributed by atoms with van der Waals surface area (Å²) in [5.41, 5.74) is 1.40. The molecule has 0 radical (unpaired) electrons. The fourth-order valence-corrected chi connectivity index (χ4v) is 3.28. The average Bonchev–Trinajstić information content (AvgIpc) is 2.86. The Morgan fingerprint density at radius 1 is 1.39 bits per heavy atom. The van der Waals surface area contributed by atoms with E-state index < -0.39 is 0 Å². The normalized spacial score (nSPS) is 24.1. The van der Waals surface area contributed by atoms with Gasteiger partial charge >= 0.3 is 0 Å². The average molecular weight is 312 g/mol. The summed E-state index contributed by atoms with van der Waals surface area (Å²) in [7, 11) is 0. The second-order valence-electron chi connectivity index (χ2n) is 5.31. The number of aliphatic hydroxyl groups excluding tert-OH is 1. The molecule has 0 aliphatic carbocycles. The number of rotatable bonds is 5. The first kappa shape index (κ1) is 14.0. The van der Waals surface area contributed by atoms with Crippen molar-refractivity contribution in [3.63, 3.8) is 0 Å². The van der Waals surface area contributed by atoms with Gasteiger partial charge in [0.1, 0.15) is 0 Å². The highest BCUT2D eigenvalue weighted by atomic mass is 79.9. The van der Waals surface area contributed by atoms with E-state index in [0.29, 0.717) is 11.8 Å². The molecule has 1 fully saturated rings. The Morgan fingerprint density at radius 3 is 2.67 bits per heavy atom. The Hall–Kier alpha value is -0.380. The largest absolute Gasteiger partial charge is 0.393 e. The van der Waals surface area contributed by atoms with E-state index in [0.717, 1.165) is 31.4 Å². The van der Waals surface area contributed by atoms with Crippen LogP contribution in [0.2, 0.25) is 0 Å². The van der Waals surface area contributed by atoms with E-state index in [1.54, 1.807) is 0 Å². The topological polar surface area (TPSA) is 23.5 Å². The minimum absolute atomic E-state index is 0.172. The van der Waals surface area contributed by atoms with Crippen molar-refractivity contribution in [2.45, 2.75) is 25.4 Å². The van der Waals surface area contributed by atoms with E-state index in [9.17, 15) is 5.11 Å². The molecule has 0 amide bonds. The Bertz CT molecular complexity index is 355. The van der Waals surface area contributed by atoms with Gasteiger partial charge in [0.25, 0.3) is 0 Å². The number of hydrogen-bond acceptors (Lipinski definition) is 2. The molecule has 3 heteroatoms. The lowest BCUT2D eigenvalue weighted by Gasteiger charge is -2.23. The van der Waals surface area contributed by atoms with Gasteiger partial charge in [0.2, 0.25) is 0 Å². The molecule has 100 valence electrons. The minimum Gasteiger partial charge on any atom is -0.393 e. The molecular weight excluding hydrogens is 290 g/mol. The maximum absolute atomic E-state index is 9.64. The molecule has 0 spiro atoms. The SMILES string of the molecule is CC(O)C1CCN(CC(CBr)c2ccccc2)C1. The second kappa shape index (κ2) is 6.69. The zero-order valence-corrected chi connectivity index (χ0v) is 12.5. The molecule has 1 aromatic carbocycles. The molecule has 1 N–H and O–H groups in total. The Balaban J connectivity index is 1.92. The molecular formula is C15H22BrNO. The number of alkyl halides is 1. The summed E-state index contributed by atoms with van der Waals surface area (Å²) in [5.74, 6) is 0.996. The van der Waals surface area contributed by atoms with Gasteiger partial charge in [-0.15, -0.1) is 0 Å². The minimum atomic E-state index is -0.172. The van der Waals surface area contributed by atoms with Crippen LogP contribution in [0.15, 0.2) is 30.3 Å². The first-order valence-corrected chi connectivity index (χ1v) is 7.84. The van der Waals surface area contributed by atoms with Crippen LogP contribution in [0.5, 0.6) is 0 Å². The third-order valence-corrected chi connectivity index (χ3v) is 4.71. The fourth-order valence-electron chi connectivity index (χ4n) is 2.70. The number of likely N-dealkylation sites (tertiary alicyclic amines) is 1. The zero-order valence-electron chi connectivity index (χ0n) is 10.9. The molecule has 0 aromatic heterocycles. The molecule has 0 saturated carbocycles. The number of aliphatic hydroxyl groups is 1. The van der Waals surface area contributed by atoms with Crippen LogP contribution in [0.25, 0.3) is 0 Å². The van der Waals surface area contributed by atoms with Crippen LogP contribution in [0.3, 0.4) is 0 Å². The summed E-state index contributed by atoms with van der Waals surface area (Å²) >= 11 is 3.63. The van der Waals surface area contributed by atoms with Gasteiger partial charge in [-0.1, -0.05) is 46.3 Å². The lowest BCUT2D eigenvalue weighted by molar-refractivity contribution is 0.127. The third kappa shape index (κ3) is 3.56. The Kier molecular flexibility index (Phi) is 5.22. The molecule has 18 heavy (non-hydrogen) atoms. The van der Waals surface area contributed by atoms with E-state index in [4.69, 9.17) is 0 Å². The van der Waals surface area contributed by atoms with Crippen molar-refractivity contribution in [1.82, 2.24) is 4.90 Å². The first-order chi connectivity index (χ1) is 8.70. The van der Waals surface area contributed by atoms with Gasteiger partial charge in [-0.2, -0.15) is 0 Å². The molecule has 1 aliphatic rings. The van der Waals surface area contributed by atoms with Crippen LogP contribution in [0.4, 0.5) is 0 Å². The molecule has 0 bridgehead atoms. The molecule has 1 heterocycles. The lowest BCUT2D eigenvalue weighted by atomic mass is 10.0. The molecule has 2 rings (SSSR count). The molecule has 1 aliphatic heterocycles. The maximum atomic E-state index is 9.64. The van der Waals surface area contributed by atoms with Gasteiger partial charge in [0, 0.05) is 24.3 Å². The fraction of sp³-hybridized carbons (Fsp3) is 0.600. The predicted octanol–water partition coefficient (Wildman–Crippen LogP) is 2.87. The number of halogens is 1. The van der Waals surface area contributed by atoms with Crippen molar-refractivity contribution in [1.29, 1.82) is 0 Å². The lowest BCUT2D eigenvalue weighted by Crippen LogP contribution is -2.29. The zero-order chi connectivity index (χ0) is 13.0. The number of nitrogens with zero attached hydrogens (tertiary/aromatic N) is 1. The van der Waals surface area contributed by atoms with E-state index in [1.165, 1.54) is 5.56 Å². The number of hydrogen-bond donors (Lipinski definition) is 1. The molecule has 2 nitrogen and oxygen atoms in total. The summed E-state index contributed by atoms with van der Waals surface area (Å²) < 4.78 is 0. The van der Waals surface area contributed by atoms with Gasteiger partial charge in [0.05, 0.1) is 6.10 Å². The van der Waals surface area contributed by atoms with Crippen molar-refractivity contribution in [2.24, 2.45) is 5.92 Å². The third-order valence-electron chi connectivity index (χ3n) is 3.93. The van der Waals surface area contributed by atoms with Gasteiger partial charge in [0.15, 0.2) is 0 Å². The van der Waals surface area contributed by atoms with Gasteiger partial charge < -0.3 is 10.0 Å². The monoisotopic (exact) mass is 311 g/mol. The highest BCUT2D eigenvalue weighted by molar-refractivity contribution is 9.09. The molecule has 1 saturated heterocycles. The summed E-state index contributed by atoms with van der Waals surface area (Å²) in [6, 6.07) is 10.7. The highest BCUT2D eigenvalue weighted by Gasteiger charge is 2.27. The molecule has 3 atom stereocenters. The van der Waals surface area contributed by atoms with Gasteiger partial charge in [-0.05, 0) is 31.4 Å². The Morgan fingerprint density at radius 2 is 2.11 bits per heavy atom. The van der Waals surface area contributed by atoms with Crippen LogP contribution >= 0.6 is 15.9 Å². The summed E-state index contributed by atoms with van der Waals surface area (Å²) in [6.45, 7) is 5.14. The van der Waals surface area contributed by atoms with Crippen molar-refractivity contribution in [3.05, 3.63) is 35.9 Å². The van der Waals surface area contributed by atoms with Crippen molar-refractivity contribution in [2.75, 3.05) is 25.0 Å². The number of benzene rings is 1. The van der Waals surface area contributed by atoms with Gasteiger partial charge in [-0.3, -0.25) is 0 Å². The van der Waals surface area contributed by atoms with Crippen molar-refractivity contribution < 1.29 is 5.11 Å². The van der Waals surface area contributed by atoms with Crippen LogP contribution in [0.1, 0.15) is 24.8 Å². The van der Waals surface area contributed by atoms with Crippen LogP contribution < -0.4 is 0 Å². The van der Waals surface area contributed by atoms with Gasteiger partial charge in [-0.25, -0.2) is 0 Å². The summed E-state index contributed by atoms with van der Waals surface area (Å²) in [5, 5.41) is 10.6. The van der Waals surface area contributed by atoms with Crippen LogP contribution in [0, 0.1) is 5.92 Å². The van der Waals surface area contributed by atoms with E-state index in [2.05, 4.69) is 51.2 Å². The first-order valence-electron chi connectivity index (χ1n) is 6.72. The van der Waals surface area contributed by atoms with E-state index in [1.807, 2.05) is 6.92 Å². The summed E-state index contributed by atoms with van der Waals surface area (Å²) in [6.07, 6.45) is 0.954. The molecule has 3 unspecified atom stereocenters. The van der Waals surface area contributed by atoms with Crippen LogP contribution in [-0.2, 0) is 0 Å². The standard InChI is InChI=1S/C15H22BrNO/c1-12(18)14-7-8-17(10-14)11-15(9-16)13-5-3-2-4-6-13/h2-6,12,14-15,18H,7-11H2,1H3. The molecule has 1 aromatic rings. The van der Waals surface area contributed by atoms with Crippen molar-refractivity contribution in [3.8, 4) is 0 Å².